The molecule has 3 fully saturated rings. The maximum atomic E-state index is 6.24. The van der Waals surface area contributed by atoms with Crippen molar-refractivity contribution in [3.8, 4) is 0 Å². The van der Waals surface area contributed by atoms with Crippen molar-refractivity contribution in [1.82, 2.24) is 0 Å². The Labute approximate surface area is 159 Å². The molecule has 4 atom stereocenters. The van der Waals surface area contributed by atoms with Gasteiger partial charge < -0.3 is 32.7 Å². The van der Waals surface area contributed by atoms with E-state index in [0.29, 0.717) is 19.8 Å². The lowest BCUT2D eigenvalue weighted by atomic mass is 9.97. The monoisotopic (exact) mass is 412 g/mol. The van der Waals surface area contributed by atoms with E-state index in [-0.39, 0.29) is 12.7 Å². The Hall–Kier alpha value is 0.330. The van der Waals surface area contributed by atoms with Gasteiger partial charge >= 0.3 is 6.72 Å². The third-order valence-electron chi connectivity index (χ3n) is 4.30. The summed E-state index contributed by atoms with van der Waals surface area (Å²) in [4.78, 5) is 0. The highest BCUT2D eigenvalue weighted by atomic mass is 32.5. The van der Waals surface area contributed by atoms with Crippen LogP contribution in [0.5, 0.6) is 0 Å². The van der Waals surface area contributed by atoms with Gasteiger partial charge in [-0.3, -0.25) is 4.52 Å². The number of ether oxygens (including phenoxy) is 5. The summed E-state index contributed by atoms with van der Waals surface area (Å²) in [5.41, 5.74) is 0. The molecule has 3 heterocycles. The van der Waals surface area contributed by atoms with Crippen molar-refractivity contribution >= 4 is 18.5 Å². The van der Waals surface area contributed by atoms with Crippen molar-refractivity contribution in [1.29, 1.82) is 0 Å². The molecule has 1 spiro atoms. The minimum atomic E-state index is -3.02. The Bertz CT molecular complexity index is 558. The van der Waals surface area contributed by atoms with Gasteiger partial charge in [-0.25, -0.2) is 0 Å². The van der Waals surface area contributed by atoms with Crippen molar-refractivity contribution < 1.29 is 37.3 Å². The van der Waals surface area contributed by atoms with Gasteiger partial charge in [0.15, 0.2) is 17.7 Å². The average Bonchev–Trinajstić information content (AvgIpc) is 2.99. The molecule has 152 valence electrons. The third-order valence-corrected chi connectivity index (χ3v) is 6.83. The van der Waals surface area contributed by atoms with Gasteiger partial charge in [0.1, 0.15) is 18.8 Å². The second-order valence-electron chi connectivity index (χ2n) is 7.36. The zero-order valence-corrected chi connectivity index (χ0v) is 17.9. The second-order valence-corrected chi connectivity index (χ2v) is 10.3. The SMILES string of the molecule is CCOP(=S)(OCC)O[C@H]1[C@@H]2OC(C)(C)O[C@@H]2CO[C@]12COC(C)(C)O2. The Kier molecular flexibility index (Phi) is 5.91. The molecule has 0 aliphatic carbocycles. The number of hydrogen-bond donors (Lipinski definition) is 0. The van der Waals surface area contributed by atoms with E-state index in [1.165, 1.54) is 0 Å². The lowest BCUT2D eigenvalue weighted by Gasteiger charge is -2.44. The summed E-state index contributed by atoms with van der Waals surface area (Å²) in [7, 11) is 0. The van der Waals surface area contributed by atoms with Gasteiger partial charge in [-0.2, -0.15) is 0 Å². The molecule has 0 radical (unpaired) electrons. The van der Waals surface area contributed by atoms with Crippen molar-refractivity contribution in [2.45, 2.75) is 77.2 Å². The van der Waals surface area contributed by atoms with Crippen LogP contribution in [-0.2, 0) is 49.1 Å². The molecule has 0 amide bonds. The van der Waals surface area contributed by atoms with E-state index < -0.39 is 36.3 Å². The predicted octanol–water partition coefficient (Wildman–Crippen LogP) is 2.70. The summed E-state index contributed by atoms with van der Waals surface area (Å²) in [6.45, 7) is 9.26. The summed E-state index contributed by atoms with van der Waals surface area (Å²) in [5.74, 6) is -2.74. The first-order valence-electron chi connectivity index (χ1n) is 8.95. The molecule has 0 bridgehead atoms. The molecule has 8 nitrogen and oxygen atoms in total. The lowest BCUT2D eigenvalue weighted by Crippen LogP contribution is -2.62. The van der Waals surface area contributed by atoms with E-state index in [4.69, 9.17) is 49.1 Å². The van der Waals surface area contributed by atoms with Gasteiger partial charge in [0.05, 0.1) is 19.8 Å². The zero-order valence-electron chi connectivity index (χ0n) is 16.2. The fraction of sp³-hybridized carbons (Fsp3) is 1.00. The molecule has 0 saturated carbocycles. The molecular weight excluding hydrogens is 383 g/mol. The molecule has 10 heteroatoms. The number of hydrogen-bond acceptors (Lipinski definition) is 9. The first-order valence-corrected chi connectivity index (χ1v) is 11.5. The molecule has 26 heavy (non-hydrogen) atoms. The summed E-state index contributed by atoms with van der Waals surface area (Å²) in [5, 5.41) is 0. The Morgan fingerprint density at radius 3 is 2.19 bits per heavy atom. The van der Waals surface area contributed by atoms with Crippen molar-refractivity contribution in [2.75, 3.05) is 26.4 Å². The summed E-state index contributed by atoms with van der Waals surface area (Å²) >= 11 is 5.57. The van der Waals surface area contributed by atoms with E-state index in [0.717, 1.165) is 0 Å². The minimum Gasteiger partial charge on any atom is -0.345 e. The average molecular weight is 412 g/mol. The molecule has 3 rings (SSSR count). The van der Waals surface area contributed by atoms with Gasteiger partial charge in [-0.15, -0.1) is 0 Å². The van der Waals surface area contributed by atoms with E-state index in [1.807, 2.05) is 41.5 Å². The quantitative estimate of drug-likeness (QED) is 0.612. The van der Waals surface area contributed by atoms with Crippen LogP contribution < -0.4 is 0 Å². The second kappa shape index (κ2) is 7.30. The van der Waals surface area contributed by atoms with E-state index >= 15 is 0 Å². The first kappa shape index (κ1) is 21.0. The maximum Gasteiger partial charge on any atom is 0.327 e. The fourth-order valence-corrected chi connectivity index (χ4v) is 5.76. The molecule has 3 aliphatic rings. The number of fused-ring (bicyclic) bond motifs is 1. The van der Waals surface area contributed by atoms with Crippen molar-refractivity contribution in [3.63, 3.8) is 0 Å². The Balaban J connectivity index is 1.92. The van der Waals surface area contributed by atoms with Crippen molar-refractivity contribution in [2.24, 2.45) is 0 Å². The molecule has 0 unspecified atom stereocenters. The van der Waals surface area contributed by atoms with E-state index in [1.54, 1.807) is 0 Å². The molecule has 0 N–H and O–H groups in total. The van der Waals surface area contributed by atoms with Gasteiger partial charge in [0, 0.05) is 0 Å². The lowest BCUT2D eigenvalue weighted by molar-refractivity contribution is -0.322. The van der Waals surface area contributed by atoms with Crippen molar-refractivity contribution in [3.05, 3.63) is 0 Å². The van der Waals surface area contributed by atoms with Gasteiger partial charge in [0.2, 0.25) is 5.79 Å². The van der Waals surface area contributed by atoms with Gasteiger partial charge in [-0.1, -0.05) is 0 Å². The molecule has 0 aromatic heterocycles. The predicted molar refractivity (Wildman–Crippen MR) is 96.0 cm³/mol. The van der Waals surface area contributed by atoms with Crippen LogP contribution in [0.15, 0.2) is 0 Å². The van der Waals surface area contributed by atoms with E-state index in [2.05, 4.69) is 0 Å². The van der Waals surface area contributed by atoms with Gasteiger partial charge in [-0.05, 0) is 53.3 Å². The molecule has 3 aliphatic heterocycles. The molecule has 0 aromatic rings. The Morgan fingerprint density at radius 2 is 1.65 bits per heavy atom. The van der Waals surface area contributed by atoms with E-state index in [9.17, 15) is 0 Å². The van der Waals surface area contributed by atoms with Gasteiger partial charge in [0.25, 0.3) is 0 Å². The first-order chi connectivity index (χ1) is 12.0. The number of rotatable bonds is 6. The van der Waals surface area contributed by atoms with Crippen LogP contribution in [0.25, 0.3) is 0 Å². The van der Waals surface area contributed by atoms with Crippen LogP contribution in [0.1, 0.15) is 41.5 Å². The fourth-order valence-electron chi connectivity index (χ4n) is 3.46. The summed E-state index contributed by atoms with van der Waals surface area (Å²) in [6.07, 6.45) is -1.46. The topological polar surface area (TPSA) is 73.8 Å². The molecule has 3 saturated heterocycles. The largest absolute Gasteiger partial charge is 0.345 e. The summed E-state index contributed by atoms with van der Waals surface area (Å²) < 4.78 is 47.6. The molecule has 0 aromatic carbocycles. The standard InChI is InChI=1S/C16H29O8PS/c1-7-19-25(26,20-8-2)23-13-12-11(21-15(5,6)22-12)9-17-16(13)10-18-14(3,4)24-16/h11-13H,7-10H2,1-6H3/t11-,12-,13+,16+/m1/s1. The summed E-state index contributed by atoms with van der Waals surface area (Å²) in [6, 6.07) is 0. The Morgan fingerprint density at radius 1 is 1.00 bits per heavy atom. The smallest absolute Gasteiger partial charge is 0.327 e. The minimum absolute atomic E-state index is 0.186. The van der Waals surface area contributed by atoms with Crippen LogP contribution in [0.3, 0.4) is 0 Å². The normalized spacial score (nSPS) is 38.6. The van der Waals surface area contributed by atoms with Crippen LogP contribution in [0.2, 0.25) is 0 Å². The third kappa shape index (κ3) is 4.17. The highest BCUT2D eigenvalue weighted by Gasteiger charge is 2.64. The molecular formula is C16H29O8PS. The van der Waals surface area contributed by atoms with Crippen LogP contribution in [0, 0.1) is 0 Å². The zero-order chi connectivity index (χ0) is 19.2. The van der Waals surface area contributed by atoms with Crippen LogP contribution in [0.4, 0.5) is 0 Å². The highest BCUT2D eigenvalue weighted by Crippen LogP contribution is 2.56. The van der Waals surface area contributed by atoms with Crippen LogP contribution >= 0.6 is 6.72 Å². The van der Waals surface area contributed by atoms with Crippen LogP contribution in [-0.4, -0.2) is 62.1 Å². The highest BCUT2D eigenvalue weighted by molar-refractivity contribution is 8.07. The maximum absolute atomic E-state index is 6.24.